The monoisotopic (exact) mass is 1170 g/mol. The zero-order valence-corrected chi connectivity index (χ0v) is 58.5. The zero-order chi connectivity index (χ0) is 57.6. The van der Waals surface area contributed by atoms with Crippen LogP contribution < -0.4 is 0 Å². The normalized spacial score (nSPS) is 12.5. The van der Waals surface area contributed by atoms with Crippen LogP contribution in [0.3, 0.4) is 0 Å². The van der Waals surface area contributed by atoms with Crippen LogP contribution in [0.15, 0.2) is 0 Å². The molecule has 0 bridgehead atoms. The third-order valence-electron chi connectivity index (χ3n) is 16.3. The van der Waals surface area contributed by atoms with E-state index in [1.54, 1.807) is 0 Å². The van der Waals surface area contributed by atoms with Crippen molar-refractivity contribution in [2.45, 2.75) is 414 Å². The van der Waals surface area contributed by atoms with Crippen molar-refractivity contribution >= 4 is 26.4 Å². The Labute approximate surface area is 501 Å². The summed E-state index contributed by atoms with van der Waals surface area (Å²) in [5, 5.41) is 0. The first kappa shape index (κ1) is 79.4. The number of hydrogen-bond donors (Lipinski definition) is 0. The fourth-order valence-corrected chi connectivity index (χ4v) is 24.2. The van der Waals surface area contributed by atoms with Gasteiger partial charge < -0.3 is 30.4 Å². The van der Waals surface area contributed by atoms with E-state index >= 15 is 0 Å². The summed E-state index contributed by atoms with van der Waals surface area (Å²) in [6.45, 7) is 21.1. The van der Waals surface area contributed by atoms with Gasteiger partial charge in [-0.1, -0.05) is 344 Å². The highest BCUT2D eigenvalue weighted by molar-refractivity contribution is 6.81. The highest BCUT2D eigenvalue weighted by Gasteiger charge is 2.59. The van der Waals surface area contributed by atoms with E-state index in [0.29, 0.717) is 33.0 Å². The Kier molecular flexibility index (Phi) is 63.2. The van der Waals surface area contributed by atoms with Gasteiger partial charge in [0, 0.05) is 51.2 Å². The van der Waals surface area contributed by atoms with Crippen LogP contribution in [0.5, 0.6) is 0 Å². The highest BCUT2D eigenvalue weighted by Crippen LogP contribution is 2.35. The summed E-state index contributed by atoms with van der Waals surface area (Å²) in [7, 11) is -10.0. The summed E-state index contributed by atoms with van der Waals surface area (Å²) < 4.78 is 51.0. The first-order valence-electron chi connectivity index (χ1n) is 36.5. The topological polar surface area (TPSA) is 64.6 Å². The van der Waals surface area contributed by atoms with Gasteiger partial charge >= 0.3 is 26.4 Å². The second kappa shape index (κ2) is 62.9. The Balaban J connectivity index is 6.09. The molecule has 0 aliphatic heterocycles. The molecule has 0 aliphatic carbocycles. The zero-order valence-electron chi connectivity index (χ0n) is 55.5. The summed E-state index contributed by atoms with van der Waals surface area (Å²) in [4.78, 5) is 0. The first-order valence-corrected chi connectivity index (χ1v) is 42.3. The summed E-state index contributed by atoms with van der Waals surface area (Å²) in [5.41, 5.74) is 0. The van der Waals surface area contributed by atoms with Crippen molar-refractivity contribution in [3.63, 3.8) is 0 Å². The molecule has 7 nitrogen and oxygen atoms in total. The van der Waals surface area contributed by atoms with E-state index in [-0.39, 0.29) is 0 Å². The van der Waals surface area contributed by atoms with Gasteiger partial charge in [-0.3, -0.25) is 0 Å². The SMILES string of the molecule is CCCCCCCCCCCCCCCCCC[Si](OCCC)(OCCC)O[Si](CCCCCCCCCCCCCCCCCC)(OCCC)O[Si](CCCCCCCCCCCCCCCCCC)(OCCC)OCCC. The minimum Gasteiger partial charge on any atom is -0.374 e. The number of rotatable bonds is 70. The van der Waals surface area contributed by atoms with Crippen molar-refractivity contribution in [1.29, 1.82) is 0 Å². The van der Waals surface area contributed by atoms with E-state index in [2.05, 4.69) is 55.4 Å². The van der Waals surface area contributed by atoms with Gasteiger partial charge in [-0.05, 0) is 51.4 Å². The first-order chi connectivity index (χ1) is 38.9. The van der Waals surface area contributed by atoms with Crippen LogP contribution in [0.2, 0.25) is 18.1 Å². The molecule has 0 unspecified atom stereocenters. The average molecular weight is 1170 g/mol. The molecule has 0 aromatic heterocycles. The van der Waals surface area contributed by atoms with Crippen LogP contribution in [0.4, 0.5) is 0 Å². The molecular weight excluding hydrogens is 1030 g/mol. The molecule has 0 radical (unpaired) electrons. The lowest BCUT2D eigenvalue weighted by Gasteiger charge is -2.43. The molecular formula is C69H146O7Si3. The maximum Gasteiger partial charge on any atom is 0.493 e. The van der Waals surface area contributed by atoms with Crippen LogP contribution in [0.25, 0.3) is 0 Å². The molecule has 0 N–H and O–H groups in total. The maximum absolute atomic E-state index is 7.79. The predicted molar refractivity (Wildman–Crippen MR) is 354 cm³/mol. The molecule has 0 saturated carbocycles. The fraction of sp³-hybridized carbons (Fsp3) is 1.00. The standard InChI is InChI=1S/C69H146O7Si3/c1-9-17-20-23-26-29-32-35-38-41-44-47-50-53-56-59-67-77(70-62-12-4,71-63-13-5)75-79(74-66-16-8,69-61-58-55-52-49-46-43-40-37-34-31-28-25-22-19-11-3)76-78(72-64-14-6,73-65-15-7)68-60-57-54-51-48-45-42-39-36-33-30-27-24-21-18-10-2/h9-69H2,1-8H3. The molecule has 10 heteroatoms. The molecule has 0 atom stereocenters. The molecule has 0 amide bonds. The van der Waals surface area contributed by atoms with Crippen LogP contribution in [-0.2, 0) is 30.4 Å². The molecule has 0 aromatic rings. The lowest BCUT2D eigenvalue weighted by Crippen LogP contribution is -2.64. The van der Waals surface area contributed by atoms with Crippen molar-refractivity contribution in [1.82, 2.24) is 0 Å². The van der Waals surface area contributed by atoms with Gasteiger partial charge in [-0.15, -0.1) is 0 Å². The summed E-state index contributed by atoms with van der Waals surface area (Å²) >= 11 is 0. The Morgan fingerprint density at radius 3 is 0.456 bits per heavy atom. The molecule has 0 spiro atoms. The molecule has 0 rings (SSSR count). The van der Waals surface area contributed by atoms with Gasteiger partial charge in [0.05, 0.1) is 0 Å². The Bertz CT molecular complexity index is 1070. The van der Waals surface area contributed by atoms with E-state index in [1.807, 2.05) is 0 Å². The second-order valence-electron chi connectivity index (χ2n) is 24.7. The Morgan fingerprint density at radius 1 is 0.152 bits per heavy atom. The lowest BCUT2D eigenvalue weighted by atomic mass is 10.0. The third kappa shape index (κ3) is 51.3. The van der Waals surface area contributed by atoms with Crippen molar-refractivity contribution in [3.05, 3.63) is 0 Å². The molecule has 0 fully saturated rings. The fourth-order valence-electron chi connectivity index (χ4n) is 11.3. The minimum absolute atomic E-state index is 0.598. The minimum atomic E-state index is -3.49. The molecule has 0 aromatic carbocycles. The average Bonchev–Trinajstić information content (AvgIpc) is 3.46. The van der Waals surface area contributed by atoms with E-state index in [9.17, 15) is 0 Å². The van der Waals surface area contributed by atoms with Gasteiger partial charge in [0.15, 0.2) is 0 Å². The van der Waals surface area contributed by atoms with E-state index < -0.39 is 26.4 Å². The molecule has 476 valence electrons. The van der Waals surface area contributed by atoms with Gasteiger partial charge in [-0.2, -0.15) is 0 Å². The molecule has 0 saturated heterocycles. The van der Waals surface area contributed by atoms with E-state index in [0.717, 1.165) is 75.9 Å². The molecule has 79 heavy (non-hydrogen) atoms. The van der Waals surface area contributed by atoms with Crippen LogP contribution in [0.1, 0.15) is 396 Å². The van der Waals surface area contributed by atoms with E-state index in [4.69, 9.17) is 30.4 Å². The summed E-state index contributed by atoms with van der Waals surface area (Å²) in [6.07, 6.45) is 69.5. The summed E-state index contributed by atoms with van der Waals surface area (Å²) in [5.74, 6) is 0. The Hall–Kier alpha value is 0.371. The Morgan fingerprint density at radius 2 is 0.291 bits per heavy atom. The quantitative estimate of drug-likeness (QED) is 0.0444. The predicted octanol–water partition coefficient (Wildman–Crippen LogP) is 24.8. The largest absolute Gasteiger partial charge is 0.493 e. The third-order valence-corrected chi connectivity index (χ3v) is 27.4. The summed E-state index contributed by atoms with van der Waals surface area (Å²) in [6, 6.07) is 2.40. The highest BCUT2D eigenvalue weighted by atomic mass is 28.5. The lowest BCUT2D eigenvalue weighted by molar-refractivity contribution is 0.0314. The van der Waals surface area contributed by atoms with Crippen molar-refractivity contribution in [3.8, 4) is 0 Å². The van der Waals surface area contributed by atoms with Crippen molar-refractivity contribution in [2.24, 2.45) is 0 Å². The van der Waals surface area contributed by atoms with Crippen LogP contribution in [0, 0.1) is 0 Å². The van der Waals surface area contributed by atoms with Crippen LogP contribution in [-0.4, -0.2) is 59.4 Å². The van der Waals surface area contributed by atoms with Gasteiger partial charge in [-0.25, -0.2) is 0 Å². The van der Waals surface area contributed by atoms with Crippen molar-refractivity contribution in [2.75, 3.05) is 33.0 Å². The smallest absolute Gasteiger partial charge is 0.374 e. The molecule has 0 heterocycles. The number of hydrogen-bond acceptors (Lipinski definition) is 7. The van der Waals surface area contributed by atoms with E-state index in [1.165, 1.54) is 283 Å². The molecule has 0 aliphatic rings. The van der Waals surface area contributed by atoms with Gasteiger partial charge in [0.1, 0.15) is 0 Å². The maximum atomic E-state index is 7.79. The van der Waals surface area contributed by atoms with Gasteiger partial charge in [0.25, 0.3) is 0 Å². The second-order valence-corrected chi connectivity index (χ2v) is 33.3. The number of unbranched alkanes of at least 4 members (excludes halogenated alkanes) is 45. The van der Waals surface area contributed by atoms with Gasteiger partial charge in [0.2, 0.25) is 0 Å². The van der Waals surface area contributed by atoms with Crippen molar-refractivity contribution < 1.29 is 30.4 Å². The van der Waals surface area contributed by atoms with Crippen LogP contribution >= 0.6 is 0 Å².